The molecule has 0 spiro atoms. The predicted octanol–water partition coefficient (Wildman–Crippen LogP) is 4.63. The molecule has 4 heteroatoms. The first kappa shape index (κ1) is 15.6. The molecule has 1 unspecified atom stereocenters. The van der Waals surface area contributed by atoms with E-state index in [1.54, 1.807) is 0 Å². The van der Waals surface area contributed by atoms with Gasteiger partial charge in [0.1, 0.15) is 0 Å². The summed E-state index contributed by atoms with van der Waals surface area (Å²) < 4.78 is 37.9. The summed E-state index contributed by atoms with van der Waals surface area (Å²) in [6.07, 6.45) is -4.30. The van der Waals surface area contributed by atoms with E-state index in [0.29, 0.717) is 0 Å². The molecule has 21 heavy (non-hydrogen) atoms. The predicted molar refractivity (Wildman–Crippen MR) is 78.3 cm³/mol. The van der Waals surface area contributed by atoms with Gasteiger partial charge in [-0.15, -0.1) is 0 Å². The Kier molecular flexibility index (Phi) is 4.37. The molecule has 0 saturated heterocycles. The molecule has 0 aliphatic rings. The highest BCUT2D eigenvalue weighted by molar-refractivity contribution is 5.42. The summed E-state index contributed by atoms with van der Waals surface area (Å²) in [5.74, 6) is 0. The molecule has 0 amide bonds. The van der Waals surface area contributed by atoms with Crippen molar-refractivity contribution in [2.75, 3.05) is 7.05 Å². The van der Waals surface area contributed by atoms with Crippen molar-refractivity contribution in [3.05, 3.63) is 70.3 Å². The fourth-order valence-corrected chi connectivity index (χ4v) is 2.62. The van der Waals surface area contributed by atoms with E-state index in [-0.39, 0.29) is 6.04 Å². The molecule has 0 aromatic heterocycles. The molecule has 1 nitrogen and oxygen atoms in total. The summed E-state index contributed by atoms with van der Waals surface area (Å²) in [5.41, 5.74) is 3.55. The van der Waals surface area contributed by atoms with E-state index in [1.807, 2.05) is 39.1 Å². The maximum atomic E-state index is 12.6. The Morgan fingerprint density at radius 1 is 0.905 bits per heavy atom. The first-order valence-electron chi connectivity index (χ1n) is 6.75. The second-order valence-corrected chi connectivity index (χ2v) is 5.15. The Morgan fingerprint density at radius 2 is 1.43 bits per heavy atom. The van der Waals surface area contributed by atoms with Gasteiger partial charge in [-0.25, -0.2) is 0 Å². The molecule has 0 bridgehead atoms. The number of halogens is 3. The molecule has 0 saturated carbocycles. The molecule has 1 atom stereocenters. The zero-order valence-corrected chi connectivity index (χ0v) is 12.3. The SMILES string of the molecule is CNC(c1ccc(C(F)(F)F)cc1)c1c(C)cccc1C. The molecule has 112 valence electrons. The van der Waals surface area contributed by atoms with Gasteiger partial charge in [-0.05, 0) is 55.3 Å². The van der Waals surface area contributed by atoms with Gasteiger partial charge >= 0.3 is 6.18 Å². The Bertz CT molecular complexity index is 595. The lowest BCUT2D eigenvalue weighted by molar-refractivity contribution is -0.137. The average molecular weight is 293 g/mol. The molecule has 1 N–H and O–H groups in total. The van der Waals surface area contributed by atoms with Crippen molar-refractivity contribution in [3.8, 4) is 0 Å². The minimum absolute atomic E-state index is 0.117. The van der Waals surface area contributed by atoms with E-state index in [4.69, 9.17) is 0 Å². The van der Waals surface area contributed by atoms with Crippen LogP contribution >= 0.6 is 0 Å². The fourth-order valence-electron chi connectivity index (χ4n) is 2.62. The lowest BCUT2D eigenvalue weighted by atomic mass is 9.91. The van der Waals surface area contributed by atoms with Crippen molar-refractivity contribution in [2.24, 2.45) is 0 Å². The minimum Gasteiger partial charge on any atom is -0.309 e. The molecule has 2 aromatic carbocycles. The van der Waals surface area contributed by atoms with Crippen molar-refractivity contribution in [2.45, 2.75) is 26.1 Å². The maximum Gasteiger partial charge on any atom is 0.416 e. The van der Waals surface area contributed by atoms with Crippen LogP contribution in [0.25, 0.3) is 0 Å². The van der Waals surface area contributed by atoms with Gasteiger partial charge in [0.2, 0.25) is 0 Å². The van der Waals surface area contributed by atoms with Crippen LogP contribution in [0.1, 0.15) is 33.9 Å². The highest BCUT2D eigenvalue weighted by Gasteiger charge is 2.30. The monoisotopic (exact) mass is 293 g/mol. The van der Waals surface area contributed by atoms with Crippen LogP contribution in [-0.2, 0) is 6.18 Å². The van der Waals surface area contributed by atoms with Gasteiger partial charge < -0.3 is 5.32 Å². The molecule has 0 aliphatic heterocycles. The molecule has 2 rings (SSSR count). The largest absolute Gasteiger partial charge is 0.416 e. The molecular weight excluding hydrogens is 275 g/mol. The van der Waals surface area contributed by atoms with Crippen LogP contribution in [0.15, 0.2) is 42.5 Å². The van der Waals surface area contributed by atoms with Crippen LogP contribution in [0.2, 0.25) is 0 Å². The van der Waals surface area contributed by atoms with Gasteiger partial charge in [0.25, 0.3) is 0 Å². The molecule has 0 heterocycles. The second kappa shape index (κ2) is 5.90. The van der Waals surface area contributed by atoms with Gasteiger partial charge in [-0.2, -0.15) is 13.2 Å². The van der Waals surface area contributed by atoms with Gasteiger partial charge in [0.05, 0.1) is 11.6 Å². The lowest BCUT2D eigenvalue weighted by Gasteiger charge is -2.22. The van der Waals surface area contributed by atoms with Crippen molar-refractivity contribution >= 4 is 0 Å². The maximum absolute atomic E-state index is 12.6. The molecule has 0 aliphatic carbocycles. The Morgan fingerprint density at radius 3 is 1.86 bits per heavy atom. The van der Waals surface area contributed by atoms with Crippen LogP contribution in [0.4, 0.5) is 13.2 Å². The van der Waals surface area contributed by atoms with Crippen LogP contribution in [0.3, 0.4) is 0 Å². The van der Waals surface area contributed by atoms with E-state index >= 15 is 0 Å². The number of benzene rings is 2. The lowest BCUT2D eigenvalue weighted by Crippen LogP contribution is -2.20. The van der Waals surface area contributed by atoms with Crippen molar-refractivity contribution < 1.29 is 13.2 Å². The number of aryl methyl sites for hydroxylation is 2. The second-order valence-electron chi connectivity index (χ2n) is 5.15. The smallest absolute Gasteiger partial charge is 0.309 e. The first-order valence-corrected chi connectivity index (χ1v) is 6.75. The summed E-state index contributed by atoms with van der Waals surface area (Å²) >= 11 is 0. The van der Waals surface area contributed by atoms with E-state index in [1.165, 1.54) is 12.1 Å². The summed E-state index contributed by atoms with van der Waals surface area (Å²) in [7, 11) is 1.81. The van der Waals surface area contributed by atoms with Gasteiger partial charge in [-0.3, -0.25) is 0 Å². The standard InChI is InChI=1S/C17H18F3N/c1-11-5-4-6-12(2)15(11)16(21-3)13-7-9-14(10-8-13)17(18,19)20/h4-10,16,21H,1-3H3. The molecule has 0 fully saturated rings. The fraction of sp³-hybridized carbons (Fsp3) is 0.294. The van der Waals surface area contributed by atoms with Crippen molar-refractivity contribution in [1.82, 2.24) is 5.32 Å². The van der Waals surface area contributed by atoms with Gasteiger partial charge in [0, 0.05) is 0 Å². The van der Waals surface area contributed by atoms with Crippen molar-refractivity contribution in [1.29, 1.82) is 0 Å². The third-order valence-electron chi connectivity index (χ3n) is 3.69. The number of alkyl halides is 3. The zero-order valence-electron chi connectivity index (χ0n) is 12.3. The third-order valence-corrected chi connectivity index (χ3v) is 3.69. The summed E-state index contributed by atoms with van der Waals surface area (Å²) in [6, 6.07) is 11.2. The number of rotatable bonds is 3. The van der Waals surface area contributed by atoms with Gasteiger partial charge in [0.15, 0.2) is 0 Å². The number of hydrogen-bond donors (Lipinski definition) is 1. The van der Waals surface area contributed by atoms with Crippen LogP contribution < -0.4 is 5.32 Å². The zero-order chi connectivity index (χ0) is 15.6. The normalized spacial score (nSPS) is 13.2. The summed E-state index contributed by atoms with van der Waals surface area (Å²) in [6.45, 7) is 4.02. The highest BCUT2D eigenvalue weighted by Crippen LogP contribution is 2.32. The first-order chi connectivity index (χ1) is 9.84. The molecule has 0 radical (unpaired) electrons. The summed E-state index contributed by atoms with van der Waals surface area (Å²) in [4.78, 5) is 0. The Labute approximate surface area is 122 Å². The topological polar surface area (TPSA) is 12.0 Å². The van der Waals surface area contributed by atoms with E-state index in [9.17, 15) is 13.2 Å². The van der Waals surface area contributed by atoms with Crippen LogP contribution in [-0.4, -0.2) is 7.05 Å². The van der Waals surface area contributed by atoms with E-state index in [0.717, 1.165) is 34.4 Å². The molecular formula is C17H18F3N. The summed E-state index contributed by atoms with van der Waals surface area (Å²) in [5, 5.41) is 3.19. The third kappa shape index (κ3) is 3.27. The number of hydrogen-bond acceptors (Lipinski definition) is 1. The van der Waals surface area contributed by atoms with Gasteiger partial charge in [-0.1, -0.05) is 30.3 Å². The highest BCUT2D eigenvalue weighted by atomic mass is 19.4. The molecule has 2 aromatic rings. The van der Waals surface area contributed by atoms with E-state index < -0.39 is 11.7 Å². The van der Waals surface area contributed by atoms with Crippen LogP contribution in [0, 0.1) is 13.8 Å². The minimum atomic E-state index is -4.30. The van der Waals surface area contributed by atoms with Crippen LogP contribution in [0.5, 0.6) is 0 Å². The van der Waals surface area contributed by atoms with E-state index in [2.05, 4.69) is 5.32 Å². The average Bonchev–Trinajstić information content (AvgIpc) is 2.42. The Hall–Kier alpha value is -1.81. The quantitative estimate of drug-likeness (QED) is 0.870. The number of nitrogens with one attached hydrogen (secondary N) is 1. The van der Waals surface area contributed by atoms with Crippen molar-refractivity contribution in [3.63, 3.8) is 0 Å². The Balaban J connectivity index is 2.43.